The Morgan fingerprint density at radius 3 is 3.00 bits per heavy atom. The summed E-state index contributed by atoms with van der Waals surface area (Å²) in [5.74, 6) is 0.619. The van der Waals surface area contributed by atoms with E-state index in [9.17, 15) is 9.90 Å². The van der Waals surface area contributed by atoms with Crippen LogP contribution in [0.4, 0.5) is 4.79 Å². The van der Waals surface area contributed by atoms with Gasteiger partial charge in [-0.1, -0.05) is 6.07 Å². The lowest BCUT2D eigenvalue weighted by Gasteiger charge is -2.22. The predicted molar refractivity (Wildman–Crippen MR) is 56.6 cm³/mol. The number of hydrogen-bond donors (Lipinski definition) is 2. The van der Waals surface area contributed by atoms with E-state index in [4.69, 9.17) is 9.84 Å². The van der Waals surface area contributed by atoms with Crippen molar-refractivity contribution in [3.05, 3.63) is 23.8 Å². The van der Waals surface area contributed by atoms with Crippen LogP contribution in [-0.2, 0) is 6.54 Å². The van der Waals surface area contributed by atoms with E-state index in [1.54, 1.807) is 19.1 Å². The maximum atomic E-state index is 11.0. The van der Waals surface area contributed by atoms with Crippen molar-refractivity contribution in [1.29, 1.82) is 0 Å². The van der Waals surface area contributed by atoms with Gasteiger partial charge in [0.2, 0.25) is 0 Å². The number of rotatable bonds is 0. The van der Waals surface area contributed by atoms with Crippen LogP contribution in [0, 0.1) is 0 Å². The topological polar surface area (TPSA) is 70.0 Å². The van der Waals surface area contributed by atoms with Crippen LogP contribution < -0.4 is 4.74 Å². The Labute approximate surface area is 92.9 Å². The highest BCUT2D eigenvalue weighted by atomic mass is 16.5. The Balaban J connectivity index is 2.39. The van der Waals surface area contributed by atoms with Gasteiger partial charge in [-0.25, -0.2) is 4.79 Å². The van der Waals surface area contributed by atoms with E-state index in [0.29, 0.717) is 17.9 Å². The Hall–Kier alpha value is -1.91. The van der Waals surface area contributed by atoms with Gasteiger partial charge in [0.15, 0.2) is 0 Å². The van der Waals surface area contributed by atoms with Gasteiger partial charge in [-0.3, -0.25) is 4.90 Å². The SMILES string of the molecule is C[C@@H]1COc2cccc(O)c2CN1C(=O)O. The summed E-state index contributed by atoms with van der Waals surface area (Å²) in [6.45, 7) is 2.22. The van der Waals surface area contributed by atoms with E-state index < -0.39 is 6.09 Å². The summed E-state index contributed by atoms with van der Waals surface area (Å²) < 4.78 is 5.46. The third-order valence-electron chi connectivity index (χ3n) is 2.69. The number of nitrogens with zero attached hydrogens (tertiary/aromatic N) is 1. The molecule has 0 fully saturated rings. The number of fused-ring (bicyclic) bond motifs is 1. The van der Waals surface area contributed by atoms with E-state index in [-0.39, 0.29) is 18.3 Å². The average molecular weight is 223 g/mol. The molecule has 1 aliphatic rings. The van der Waals surface area contributed by atoms with Crippen molar-refractivity contribution in [2.45, 2.75) is 19.5 Å². The largest absolute Gasteiger partial charge is 0.507 e. The number of phenols is 1. The van der Waals surface area contributed by atoms with Crippen molar-refractivity contribution in [3.8, 4) is 11.5 Å². The van der Waals surface area contributed by atoms with Crippen molar-refractivity contribution in [3.63, 3.8) is 0 Å². The summed E-state index contributed by atoms with van der Waals surface area (Å²) in [4.78, 5) is 12.3. The van der Waals surface area contributed by atoms with Gasteiger partial charge in [0, 0.05) is 0 Å². The van der Waals surface area contributed by atoms with Crippen LogP contribution in [0.1, 0.15) is 12.5 Å². The molecule has 1 aliphatic heterocycles. The summed E-state index contributed by atoms with van der Waals surface area (Å²) in [6.07, 6.45) is -1.01. The Kier molecular flexibility index (Phi) is 2.60. The van der Waals surface area contributed by atoms with Gasteiger partial charge in [0.25, 0.3) is 0 Å². The highest BCUT2D eigenvalue weighted by Crippen LogP contribution is 2.31. The summed E-state index contributed by atoms with van der Waals surface area (Å²) in [6, 6.07) is 4.70. The number of aromatic hydroxyl groups is 1. The van der Waals surface area contributed by atoms with E-state index in [0.717, 1.165) is 0 Å². The van der Waals surface area contributed by atoms with Crippen molar-refractivity contribution in [2.24, 2.45) is 0 Å². The number of phenolic OH excluding ortho intramolecular Hbond substituents is 1. The number of ether oxygens (including phenoxy) is 1. The first kappa shape index (κ1) is 10.6. The molecule has 0 bridgehead atoms. The molecule has 2 rings (SSSR count). The summed E-state index contributed by atoms with van der Waals surface area (Å²) in [5, 5.41) is 18.7. The van der Waals surface area contributed by atoms with Crippen LogP contribution >= 0.6 is 0 Å². The van der Waals surface area contributed by atoms with E-state index in [1.807, 2.05) is 0 Å². The lowest BCUT2D eigenvalue weighted by molar-refractivity contribution is 0.113. The van der Waals surface area contributed by atoms with Crippen LogP contribution in [0.3, 0.4) is 0 Å². The van der Waals surface area contributed by atoms with Crippen molar-refractivity contribution < 1.29 is 19.7 Å². The molecule has 0 aromatic heterocycles. The zero-order valence-electron chi connectivity index (χ0n) is 8.88. The second-order valence-corrected chi connectivity index (χ2v) is 3.82. The fourth-order valence-corrected chi connectivity index (χ4v) is 1.73. The number of carbonyl (C=O) groups is 1. The zero-order chi connectivity index (χ0) is 11.7. The third kappa shape index (κ3) is 1.76. The molecule has 1 aromatic carbocycles. The Morgan fingerprint density at radius 2 is 2.31 bits per heavy atom. The fraction of sp³-hybridized carbons (Fsp3) is 0.364. The summed E-state index contributed by atoms with van der Waals surface area (Å²) in [7, 11) is 0. The van der Waals surface area contributed by atoms with Crippen molar-refractivity contribution in [2.75, 3.05) is 6.61 Å². The monoisotopic (exact) mass is 223 g/mol. The second kappa shape index (κ2) is 3.92. The molecule has 0 saturated heterocycles. The van der Waals surface area contributed by atoms with Gasteiger partial charge in [-0.15, -0.1) is 0 Å². The lowest BCUT2D eigenvalue weighted by atomic mass is 10.1. The number of carboxylic acid groups (broad SMARTS) is 1. The van der Waals surface area contributed by atoms with Crippen LogP contribution in [-0.4, -0.2) is 33.9 Å². The highest BCUT2D eigenvalue weighted by Gasteiger charge is 2.26. The normalized spacial score (nSPS) is 19.6. The minimum absolute atomic E-state index is 0.0675. The third-order valence-corrected chi connectivity index (χ3v) is 2.69. The number of benzene rings is 1. The smallest absolute Gasteiger partial charge is 0.407 e. The molecule has 0 unspecified atom stereocenters. The van der Waals surface area contributed by atoms with Crippen molar-refractivity contribution >= 4 is 6.09 Å². The first-order valence-electron chi connectivity index (χ1n) is 5.03. The molecule has 86 valence electrons. The van der Waals surface area contributed by atoms with Crippen LogP contribution in [0.25, 0.3) is 0 Å². The first-order chi connectivity index (χ1) is 7.59. The lowest BCUT2D eigenvalue weighted by Crippen LogP contribution is -2.38. The van der Waals surface area contributed by atoms with E-state index in [2.05, 4.69) is 0 Å². The molecule has 1 amide bonds. The summed E-state index contributed by atoms with van der Waals surface area (Å²) in [5.41, 5.74) is 0.522. The molecule has 1 atom stereocenters. The highest BCUT2D eigenvalue weighted by molar-refractivity contribution is 5.66. The van der Waals surface area contributed by atoms with Gasteiger partial charge in [-0.05, 0) is 19.1 Å². The average Bonchev–Trinajstić information content (AvgIpc) is 2.39. The number of hydrogen-bond acceptors (Lipinski definition) is 3. The molecular weight excluding hydrogens is 210 g/mol. The zero-order valence-corrected chi connectivity index (χ0v) is 8.88. The molecule has 5 heteroatoms. The standard InChI is InChI=1S/C11H13NO4/c1-7-6-16-10-4-2-3-9(13)8(10)5-12(7)11(14)15/h2-4,7,13H,5-6H2,1H3,(H,14,15)/t7-/m1/s1. The van der Waals surface area contributed by atoms with Crippen LogP contribution in [0.2, 0.25) is 0 Å². The fourth-order valence-electron chi connectivity index (χ4n) is 1.73. The molecule has 0 spiro atoms. The van der Waals surface area contributed by atoms with Gasteiger partial charge in [0.05, 0.1) is 18.2 Å². The van der Waals surface area contributed by atoms with Gasteiger partial charge in [0.1, 0.15) is 18.1 Å². The Bertz CT molecular complexity index is 418. The predicted octanol–water partition coefficient (Wildman–Crippen LogP) is 1.65. The van der Waals surface area contributed by atoms with Gasteiger partial charge in [-0.2, -0.15) is 0 Å². The molecule has 0 aliphatic carbocycles. The molecular formula is C11H13NO4. The molecule has 0 saturated carbocycles. The van der Waals surface area contributed by atoms with Crippen LogP contribution in [0.5, 0.6) is 11.5 Å². The number of amides is 1. The molecule has 5 nitrogen and oxygen atoms in total. The maximum absolute atomic E-state index is 11.0. The molecule has 2 N–H and O–H groups in total. The van der Waals surface area contributed by atoms with E-state index >= 15 is 0 Å². The second-order valence-electron chi connectivity index (χ2n) is 3.82. The van der Waals surface area contributed by atoms with Crippen molar-refractivity contribution in [1.82, 2.24) is 4.90 Å². The first-order valence-corrected chi connectivity index (χ1v) is 5.03. The molecule has 0 radical (unpaired) electrons. The van der Waals surface area contributed by atoms with Gasteiger partial charge >= 0.3 is 6.09 Å². The Morgan fingerprint density at radius 1 is 1.56 bits per heavy atom. The molecule has 1 heterocycles. The molecule has 16 heavy (non-hydrogen) atoms. The minimum Gasteiger partial charge on any atom is -0.507 e. The molecule has 1 aromatic rings. The quantitative estimate of drug-likeness (QED) is 0.701. The van der Waals surface area contributed by atoms with E-state index in [1.165, 1.54) is 11.0 Å². The minimum atomic E-state index is -1.01. The van der Waals surface area contributed by atoms with Gasteiger partial charge < -0.3 is 14.9 Å². The maximum Gasteiger partial charge on any atom is 0.407 e. The van der Waals surface area contributed by atoms with Crippen LogP contribution in [0.15, 0.2) is 18.2 Å². The summed E-state index contributed by atoms with van der Waals surface area (Å²) >= 11 is 0.